The second kappa shape index (κ2) is 5.72. The lowest BCUT2D eigenvalue weighted by Gasteiger charge is -2.09. The first kappa shape index (κ1) is 12.0. The number of ether oxygens (including phenoxy) is 2. The van der Waals surface area contributed by atoms with E-state index in [1.807, 2.05) is 18.2 Å². The third-order valence-electron chi connectivity index (χ3n) is 1.80. The highest BCUT2D eigenvalue weighted by Gasteiger charge is 2.06. The van der Waals surface area contributed by atoms with Gasteiger partial charge in [0.1, 0.15) is 12.4 Å². The van der Waals surface area contributed by atoms with E-state index < -0.39 is 5.97 Å². The van der Waals surface area contributed by atoms with E-state index in [-0.39, 0.29) is 13.2 Å². The van der Waals surface area contributed by atoms with Gasteiger partial charge in [-0.05, 0) is 12.1 Å². The van der Waals surface area contributed by atoms with Gasteiger partial charge in [-0.2, -0.15) is 0 Å². The van der Waals surface area contributed by atoms with Crippen LogP contribution >= 0.6 is 15.9 Å². The van der Waals surface area contributed by atoms with Gasteiger partial charge < -0.3 is 15.2 Å². The number of carbonyl (C=O) groups excluding carboxylic acids is 1. The largest absolute Gasteiger partial charge is 0.496 e. The number of carbonyl (C=O) groups is 1. The van der Waals surface area contributed by atoms with Gasteiger partial charge in [-0.1, -0.05) is 22.0 Å². The molecular formula is C10H12BrNO3. The van der Waals surface area contributed by atoms with Crippen LogP contribution in [0.25, 0.3) is 0 Å². The molecule has 0 amide bonds. The van der Waals surface area contributed by atoms with Crippen molar-refractivity contribution in [2.45, 2.75) is 6.61 Å². The summed E-state index contributed by atoms with van der Waals surface area (Å²) in [5, 5.41) is 0. The van der Waals surface area contributed by atoms with Crippen LogP contribution in [0.15, 0.2) is 22.7 Å². The van der Waals surface area contributed by atoms with E-state index >= 15 is 0 Å². The summed E-state index contributed by atoms with van der Waals surface area (Å²) in [6.45, 7) is 0.0608. The van der Waals surface area contributed by atoms with Crippen LogP contribution in [-0.4, -0.2) is 19.6 Å². The Balaban J connectivity index is 2.72. The van der Waals surface area contributed by atoms with Gasteiger partial charge in [0.05, 0.1) is 13.7 Å². The maximum Gasteiger partial charge on any atom is 0.320 e. The average molecular weight is 274 g/mol. The fourth-order valence-corrected chi connectivity index (χ4v) is 1.39. The highest BCUT2D eigenvalue weighted by molar-refractivity contribution is 9.10. The lowest BCUT2D eigenvalue weighted by molar-refractivity contribution is -0.143. The van der Waals surface area contributed by atoms with Gasteiger partial charge >= 0.3 is 5.97 Å². The van der Waals surface area contributed by atoms with Gasteiger partial charge in [-0.3, -0.25) is 4.79 Å². The molecule has 0 bridgehead atoms. The Hall–Kier alpha value is -1.07. The normalized spacial score (nSPS) is 9.80. The monoisotopic (exact) mass is 273 g/mol. The van der Waals surface area contributed by atoms with Crippen molar-refractivity contribution in [2.24, 2.45) is 5.73 Å². The van der Waals surface area contributed by atoms with Crippen LogP contribution < -0.4 is 10.5 Å². The summed E-state index contributed by atoms with van der Waals surface area (Å²) in [5.74, 6) is 0.245. The summed E-state index contributed by atoms with van der Waals surface area (Å²) >= 11 is 3.32. The lowest BCUT2D eigenvalue weighted by atomic mass is 10.2. The smallest absolute Gasteiger partial charge is 0.320 e. The number of hydrogen-bond donors (Lipinski definition) is 1. The quantitative estimate of drug-likeness (QED) is 0.844. The number of halogens is 1. The standard InChI is InChI=1S/C10H12BrNO3/c1-14-9-4-8(11)3-2-7(9)6-15-10(13)5-12/h2-4H,5-6,12H2,1H3. The minimum Gasteiger partial charge on any atom is -0.496 e. The minimum atomic E-state index is -0.431. The van der Waals surface area contributed by atoms with Crippen LogP contribution in [0, 0.1) is 0 Å². The molecule has 5 heteroatoms. The van der Waals surface area contributed by atoms with Crippen LogP contribution in [0.5, 0.6) is 5.75 Å². The van der Waals surface area contributed by atoms with Crippen molar-refractivity contribution in [1.82, 2.24) is 0 Å². The lowest BCUT2D eigenvalue weighted by Crippen LogP contribution is -2.16. The number of rotatable bonds is 4. The van der Waals surface area contributed by atoms with Crippen molar-refractivity contribution in [3.8, 4) is 5.75 Å². The van der Waals surface area contributed by atoms with Gasteiger partial charge in [0.2, 0.25) is 0 Å². The van der Waals surface area contributed by atoms with Crippen LogP contribution in [0.3, 0.4) is 0 Å². The van der Waals surface area contributed by atoms with Crippen molar-refractivity contribution in [3.05, 3.63) is 28.2 Å². The van der Waals surface area contributed by atoms with Gasteiger partial charge in [0.15, 0.2) is 0 Å². The van der Waals surface area contributed by atoms with Crippen molar-refractivity contribution in [1.29, 1.82) is 0 Å². The molecular weight excluding hydrogens is 262 g/mol. The van der Waals surface area contributed by atoms with Crippen LogP contribution in [-0.2, 0) is 16.1 Å². The molecule has 0 heterocycles. The summed E-state index contributed by atoms with van der Waals surface area (Å²) in [5.41, 5.74) is 5.93. The molecule has 0 aliphatic heterocycles. The molecule has 0 unspecified atom stereocenters. The van der Waals surface area contributed by atoms with Crippen LogP contribution in [0.4, 0.5) is 0 Å². The summed E-state index contributed by atoms with van der Waals surface area (Å²) < 4.78 is 11.0. The Morgan fingerprint density at radius 2 is 2.27 bits per heavy atom. The van der Waals surface area contributed by atoms with Gasteiger partial charge in [0.25, 0.3) is 0 Å². The fourth-order valence-electron chi connectivity index (χ4n) is 1.05. The molecule has 0 saturated heterocycles. The maximum atomic E-state index is 10.9. The summed E-state index contributed by atoms with van der Waals surface area (Å²) in [6.07, 6.45) is 0. The third-order valence-corrected chi connectivity index (χ3v) is 2.30. The molecule has 0 saturated carbocycles. The number of esters is 1. The number of nitrogens with two attached hydrogens (primary N) is 1. The Morgan fingerprint density at radius 1 is 1.53 bits per heavy atom. The highest BCUT2D eigenvalue weighted by Crippen LogP contribution is 2.23. The van der Waals surface area contributed by atoms with Gasteiger partial charge in [0, 0.05) is 10.0 Å². The highest BCUT2D eigenvalue weighted by atomic mass is 79.9. The Bertz CT molecular complexity index is 355. The molecule has 0 spiro atoms. The molecule has 1 rings (SSSR count). The molecule has 0 aromatic heterocycles. The van der Waals surface area contributed by atoms with Crippen LogP contribution in [0.2, 0.25) is 0 Å². The van der Waals surface area contributed by atoms with Crippen molar-refractivity contribution in [3.63, 3.8) is 0 Å². The zero-order chi connectivity index (χ0) is 11.3. The van der Waals surface area contributed by atoms with E-state index in [0.717, 1.165) is 10.0 Å². The van der Waals surface area contributed by atoms with Gasteiger partial charge in [-0.25, -0.2) is 0 Å². The Labute approximate surface area is 96.5 Å². The predicted molar refractivity (Wildman–Crippen MR) is 59.5 cm³/mol. The first-order chi connectivity index (χ1) is 7.17. The molecule has 1 aromatic carbocycles. The second-order valence-corrected chi connectivity index (χ2v) is 3.74. The van der Waals surface area contributed by atoms with E-state index in [0.29, 0.717) is 5.75 Å². The van der Waals surface area contributed by atoms with E-state index in [2.05, 4.69) is 15.9 Å². The molecule has 4 nitrogen and oxygen atoms in total. The van der Waals surface area contributed by atoms with Crippen molar-refractivity contribution >= 4 is 21.9 Å². The zero-order valence-corrected chi connectivity index (χ0v) is 9.91. The molecule has 1 aromatic rings. The molecule has 0 radical (unpaired) electrons. The second-order valence-electron chi connectivity index (χ2n) is 2.82. The first-order valence-corrected chi connectivity index (χ1v) is 5.14. The SMILES string of the molecule is COc1cc(Br)ccc1COC(=O)CN. The summed E-state index contributed by atoms with van der Waals surface area (Å²) in [4.78, 5) is 10.9. The van der Waals surface area contributed by atoms with Crippen molar-refractivity contribution in [2.75, 3.05) is 13.7 Å². The molecule has 15 heavy (non-hydrogen) atoms. The molecule has 0 aliphatic rings. The predicted octanol–water partition coefficient (Wildman–Crippen LogP) is 1.46. The summed E-state index contributed by atoms with van der Waals surface area (Å²) in [6, 6.07) is 5.49. The maximum absolute atomic E-state index is 10.9. The number of benzene rings is 1. The molecule has 2 N–H and O–H groups in total. The fraction of sp³-hybridized carbons (Fsp3) is 0.300. The van der Waals surface area contributed by atoms with E-state index in [9.17, 15) is 4.79 Å². The Morgan fingerprint density at radius 3 is 2.87 bits per heavy atom. The minimum absolute atomic E-state index is 0.112. The van der Waals surface area contributed by atoms with E-state index in [1.54, 1.807) is 7.11 Å². The Kier molecular flexibility index (Phi) is 4.58. The average Bonchev–Trinajstić information content (AvgIpc) is 2.26. The number of methoxy groups -OCH3 is 1. The number of hydrogen-bond acceptors (Lipinski definition) is 4. The molecule has 0 fully saturated rings. The van der Waals surface area contributed by atoms with E-state index in [4.69, 9.17) is 15.2 Å². The third kappa shape index (κ3) is 3.53. The summed E-state index contributed by atoms with van der Waals surface area (Å²) in [7, 11) is 1.57. The first-order valence-electron chi connectivity index (χ1n) is 4.35. The molecule has 0 atom stereocenters. The topological polar surface area (TPSA) is 61.5 Å². The van der Waals surface area contributed by atoms with Crippen molar-refractivity contribution < 1.29 is 14.3 Å². The zero-order valence-electron chi connectivity index (χ0n) is 8.33. The van der Waals surface area contributed by atoms with Gasteiger partial charge in [-0.15, -0.1) is 0 Å². The van der Waals surface area contributed by atoms with Crippen LogP contribution in [0.1, 0.15) is 5.56 Å². The molecule has 82 valence electrons. The molecule has 0 aliphatic carbocycles. The van der Waals surface area contributed by atoms with E-state index in [1.165, 1.54) is 0 Å².